The van der Waals surface area contributed by atoms with Gasteiger partial charge >= 0.3 is 12.2 Å². The minimum atomic E-state index is -4.62. The van der Waals surface area contributed by atoms with Crippen LogP contribution in [0, 0.1) is 6.92 Å². The highest BCUT2D eigenvalue weighted by molar-refractivity contribution is 7.13. The van der Waals surface area contributed by atoms with Crippen molar-refractivity contribution in [3.63, 3.8) is 0 Å². The smallest absolute Gasteiger partial charge is 0.345 e. The zero-order valence-electron chi connectivity index (χ0n) is 13.7. The molecular weight excluding hydrogens is 357 g/mol. The molecule has 0 spiro atoms. The number of halogens is 3. The highest BCUT2D eigenvalue weighted by atomic mass is 32.1. The van der Waals surface area contributed by atoms with E-state index in [9.17, 15) is 18.0 Å². The summed E-state index contributed by atoms with van der Waals surface area (Å²) in [7, 11) is 1.37. The second-order valence-corrected chi connectivity index (χ2v) is 6.58. The predicted octanol–water partition coefficient (Wildman–Crippen LogP) is 2.56. The number of nitrogens with one attached hydrogen (secondary N) is 1. The Hall–Kier alpha value is -2.30. The Bertz CT molecular complexity index is 763. The number of rotatable bonds is 2. The van der Waals surface area contributed by atoms with E-state index < -0.39 is 17.9 Å². The SMILES string of the molecule is Cc1csc(N2CCN(C(=O)Nc3cn(C)nc3C(F)(F)F)CC2)n1. The molecule has 0 aromatic carbocycles. The van der Waals surface area contributed by atoms with E-state index in [4.69, 9.17) is 0 Å². The Morgan fingerprint density at radius 1 is 1.28 bits per heavy atom. The Kier molecular flexibility index (Phi) is 4.58. The molecule has 2 aromatic heterocycles. The minimum Gasteiger partial charge on any atom is -0.345 e. The van der Waals surface area contributed by atoms with Gasteiger partial charge in [-0.15, -0.1) is 11.3 Å². The van der Waals surface area contributed by atoms with Gasteiger partial charge in [-0.3, -0.25) is 4.68 Å². The molecule has 0 radical (unpaired) electrons. The molecule has 0 atom stereocenters. The van der Waals surface area contributed by atoms with E-state index in [1.807, 2.05) is 12.3 Å². The molecule has 136 valence electrons. The Morgan fingerprint density at radius 2 is 1.96 bits per heavy atom. The average molecular weight is 374 g/mol. The third kappa shape index (κ3) is 3.86. The van der Waals surface area contributed by atoms with E-state index in [1.54, 1.807) is 0 Å². The van der Waals surface area contributed by atoms with E-state index >= 15 is 0 Å². The average Bonchev–Trinajstić information content (AvgIpc) is 3.13. The van der Waals surface area contributed by atoms with Crippen molar-refractivity contribution in [2.75, 3.05) is 36.4 Å². The van der Waals surface area contributed by atoms with Crippen LogP contribution in [0.5, 0.6) is 0 Å². The molecule has 0 aliphatic carbocycles. The van der Waals surface area contributed by atoms with Crippen molar-refractivity contribution in [1.29, 1.82) is 0 Å². The summed E-state index contributed by atoms with van der Waals surface area (Å²) in [5.74, 6) is 0. The molecule has 1 saturated heterocycles. The molecule has 3 rings (SSSR count). The van der Waals surface area contributed by atoms with Crippen molar-refractivity contribution in [3.8, 4) is 0 Å². The van der Waals surface area contributed by atoms with Gasteiger partial charge in [0.1, 0.15) is 0 Å². The molecule has 25 heavy (non-hydrogen) atoms. The Balaban J connectivity index is 1.62. The van der Waals surface area contributed by atoms with Gasteiger partial charge < -0.3 is 15.1 Å². The first-order valence-corrected chi connectivity index (χ1v) is 8.46. The number of nitrogens with zero attached hydrogens (tertiary/aromatic N) is 5. The standard InChI is InChI=1S/C14H17F3N6OS/c1-9-8-25-13(18-9)23-5-3-22(4-6-23)12(24)19-10-7-21(2)20-11(10)14(15,16)17/h7-8H,3-6H2,1-2H3,(H,19,24). The first-order chi connectivity index (χ1) is 11.7. The number of alkyl halides is 3. The number of carbonyl (C=O) groups is 1. The quantitative estimate of drug-likeness (QED) is 0.877. The number of aromatic nitrogens is 3. The van der Waals surface area contributed by atoms with E-state index in [0.29, 0.717) is 26.2 Å². The van der Waals surface area contributed by atoms with Crippen LogP contribution in [0.2, 0.25) is 0 Å². The number of carbonyl (C=O) groups excluding carboxylic acids is 1. The van der Waals surface area contributed by atoms with Gasteiger partial charge in [0.15, 0.2) is 10.8 Å². The molecule has 1 aliphatic rings. The van der Waals surface area contributed by atoms with Crippen molar-refractivity contribution < 1.29 is 18.0 Å². The third-order valence-electron chi connectivity index (χ3n) is 3.78. The van der Waals surface area contributed by atoms with Gasteiger partial charge in [0.25, 0.3) is 0 Å². The summed E-state index contributed by atoms with van der Waals surface area (Å²) in [4.78, 5) is 20.2. The predicted molar refractivity (Wildman–Crippen MR) is 87.9 cm³/mol. The number of aryl methyl sites for hydroxylation is 2. The van der Waals surface area contributed by atoms with E-state index in [1.165, 1.54) is 23.3 Å². The molecule has 7 nitrogen and oxygen atoms in total. The fraction of sp³-hybridized carbons (Fsp3) is 0.500. The van der Waals surface area contributed by atoms with Crippen LogP contribution in [-0.4, -0.2) is 51.9 Å². The highest BCUT2D eigenvalue weighted by Crippen LogP contribution is 2.33. The fourth-order valence-electron chi connectivity index (χ4n) is 2.57. The van der Waals surface area contributed by atoms with Crippen LogP contribution in [0.1, 0.15) is 11.4 Å². The number of anilines is 2. The molecule has 0 saturated carbocycles. The molecule has 3 heterocycles. The van der Waals surface area contributed by atoms with E-state index in [2.05, 4.69) is 20.3 Å². The maximum absolute atomic E-state index is 12.9. The maximum atomic E-state index is 12.9. The highest BCUT2D eigenvalue weighted by Gasteiger charge is 2.38. The zero-order valence-corrected chi connectivity index (χ0v) is 14.5. The van der Waals surface area contributed by atoms with Crippen LogP contribution >= 0.6 is 11.3 Å². The number of hydrogen-bond donors (Lipinski definition) is 1. The third-order valence-corrected chi connectivity index (χ3v) is 4.80. The summed E-state index contributed by atoms with van der Waals surface area (Å²) in [6.45, 7) is 3.90. The van der Waals surface area contributed by atoms with Crippen molar-refractivity contribution in [3.05, 3.63) is 23.0 Å². The lowest BCUT2D eigenvalue weighted by molar-refractivity contribution is -0.140. The van der Waals surface area contributed by atoms with Crippen LogP contribution in [0.25, 0.3) is 0 Å². The van der Waals surface area contributed by atoms with Gasteiger partial charge in [-0.1, -0.05) is 0 Å². The van der Waals surface area contributed by atoms with E-state index in [0.717, 1.165) is 21.7 Å². The topological polar surface area (TPSA) is 66.3 Å². The van der Waals surface area contributed by atoms with Crippen molar-refractivity contribution >= 4 is 28.2 Å². The monoisotopic (exact) mass is 374 g/mol. The van der Waals surface area contributed by atoms with Gasteiger partial charge in [-0.2, -0.15) is 18.3 Å². The number of hydrogen-bond acceptors (Lipinski definition) is 5. The fourth-order valence-corrected chi connectivity index (χ4v) is 3.43. The van der Waals surface area contributed by atoms with Gasteiger partial charge in [-0.05, 0) is 6.92 Å². The number of urea groups is 1. The number of thiazole rings is 1. The van der Waals surface area contributed by atoms with Crippen LogP contribution in [-0.2, 0) is 13.2 Å². The summed E-state index contributed by atoms with van der Waals surface area (Å²) >= 11 is 1.54. The number of amides is 2. The molecule has 11 heteroatoms. The Labute approximate surface area is 146 Å². The lowest BCUT2D eigenvalue weighted by Crippen LogP contribution is -2.50. The molecule has 0 bridgehead atoms. The maximum Gasteiger partial charge on any atom is 0.437 e. The second-order valence-electron chi connectivity index (χ2n) is 5.74. The largest absolute Gasteiger partial charge is 0.437 e. The van der Waals surface area contributed by atoms with Crippen LogP contribution in [0.4, 0.5) is 28.8 Å². The van der Waals surface area contributed by atoms with Crippen molar-refractivity contribution in [1.82, 2.24) is 19.7 Å². The summed E-state index contributed by atoms with van der Waals surface area (Å²) in [6, 6.07) is -0.562. The summed E-state index contributed by atoms with van der Waals surface area (Å²) in [5, 5.41) is 8.54. The first-order valence-electron chi connectivity index (χ1n) is 7.58. The van der Waals surface area contributed by atoms with Gasteiger partial charge in [0.2, 0.25) is 0 Å². The first kappa shape index (κ1) is 17.5. The normalized spacial score (nSPS) is 15.6. The molecule has 1 fully saturated rings. The summed E-state index contributed by atoms with van der Waals surface area (Å²) in [6.07, 6.45) is -3.47. The van der Waals surface area contributed by atoms with Gasteiger partial charge in [0, 0.05) is 44.8 Å². The minimum absolute atomic E-state index is 0.335. The molecular formula is C14H17F3N6OS. The van der Waals surface area contributed by atoms with E-state index in [-0.39, 0.29) is 5.69 Å². The summed E-state index contributed by atoms with van der Waals surface area (Å²) in [5.41, 5.74) is -0.491. The van der Waals surface area contributed by atoms with Crippen molar-refractivity contribution in [2.45, 2.75) is 13.1 Å². The van der Waals surface area contributed by atoms with Crippen molar-refractivity contribution in [2.24, 2.45) is 7.05 Å². The molecule has 2 amide bonds. The second kappa shape index (κ2) is 6.54. The Morgan fingerprint density at radius 3 is 2.52 bits per heavy atom. The molecule has 2 aromatic rings. The lowest BCUT2D eigenvalue weighted by Gasteiger charge is -2.34. The van der Waals surface area contributed by atoms with Crippen LogP contribution in [0.3, 0.4) is 0 Å². The van der Waals surface area contributed by atoms with Gasteiger partial charge in [-0.25, -0.2) is 9.78 Å². The molecule has 0 unspecified atom stereocenters. The van der Waals surface area contributed by atoms with Crippen LogP contribution < -0.4 is 10.2 Å². The number of piperazine rings is 1. The lowest BCUT2D eigenvalue weighted by atomic mass is 10.3. The summed E-state index contributed by atoms with van der Waals surface area (Å²) < 4.78 is 39.9. The molecule has 1 N–H and O–H groups in total. The van der Waals surface area contributed by atoms with Gasteiger partial charge in [0.05, 0.1) is 11.4 Å². The molecule has 1 aliphatic heterocycles. The zero-order chi connectivity index (χ0) is 18.2. The van der Waals surface area contributed by atoms with Crippen LogP contribution in [0.15, 0.2) is 11.6 Å².